The molecule has 30 heavy (non-hydrogen) atoms. The van der Waals surface area contributed by atoms with Crippen LogP contribution in [0.4, 0.5) is 0 Å². The van der Waals surface area contributed by atoms with Gasteiger partial charge in [0, 0.05) is 23.7 Å². The minimum absolute atomic E-state index is 0.0792. The predicted octanol–water partition coefficient (Wildman–Crippen LogP) is 4.01. The summed E-state index contributed by atoms with van der Waals surface area (Å²) in [5.41, 5.74) is 2.72. The second kappa shape index (κ2) is 7.58. The number of methoxy groups -OCH3 is 1. The van der Waals surface area contributed by atoms with Gasteiger partial charge in [-0.25, -0.2) is 4.98 Å². The molecule has 3 aromatic heterocycles. The molecule has 0 aliphatic carbocycles. The first-order valence-electron chi connectivity index (χ1n) is 9.20. The van der Waals surface area contributed by atoms with E-state index >= 15 is 0 Å². The van der Waals surface area contributed by atoms with Gasteiger partial charge < -0.3 is 4.74 Å². The molecule has 0 fully saturated rings. The number of ether oxygens (including phenoxy) is 1. The van der Waals surface area contributed by atoms with Gasteiger partial charge >= 0.3 is 0 Å². The van der Waals surface area contributed by atoms with Crippen LogP contribution in [0.3, 0.4) is 0 Å². The number of thiazole rings is 1. The van der Waals surface area contributed by atoms with E-state index < -0.39 is 0 Å². The van der Waals surface area contributed by atoms with Gasteiger partial charge in [0.15, 0.2) is 5.16 Å². The Labute approximate surface area is 180 Å². The average molecular weight is 436 g/mol. The minimum atomic E-state index is -0.0792. The van der Waals surface area contributed by atoms with E-state index in [9.17, 15) is 4.79 Å². The van der Waals surface area contributed by atoms with E-state index in [1.807, 2.05) is 52.9 Å². The summed E-state index contributed by atoms with van der Waals surface area (Å²) < 4.78 is 8.76. The zero-order chi connectivity index (χ0) is 20.7. The number of fused-ring (bicyclic) bond motifs is 3. The zero-order valence-electron chi connectivity index (χ0n) is 16.3. The summed E-state index contributed by atoms with van der Waals surface area (Å²) >= 11 is 3.15. The number of benzene rings is 2. The molecule has 150 valence electrons. The number of rotatable bonds is 5. The van der Waals surface area contributed by atoms with Gasteiger partial charge in [-0.3, -0.25) is 13.8 Å². The van der Waals surface area contributed by atoms with Crippen LogP contribution in [-0.2, 0) is 12.8 Å². The molecule has 2 aromatic carbocycles. The van der Waals surface area contributed by atoms with Crippen LogP contribution in [0.25, 0.3) is 27.3 Å². The van der Waals surface area contributed by atoms with Gasteiger partial charge in [0.25, 0.3) is 5.56 Å². The van der Waals surface area contributed by atoms with Crippen molar-refractivity contribution in [1.82, 2.24) is 24.1 Å². The molecule has 5 rings (SSSR count). The first-order valence-corrected chi connectivity index (χ1v) is 11.1. The quantitative estimate of drug-likeness (QED) is 0.389. The molecule has 5 aromatic rings. The number of hydrogen-bond acceptors (Lipinski definition) is 7. The van der Waals surface area contributed by atoms with Gasteiger partial charge in [0.1, 0.15) is 10.8 Å². The van der Waals surface area contributed by atoms with E-state index in [0.29, 0.717) is 16.9 Å². The van der Waals surface area contributed by atoms with E-state index in [1.165, 1.54) is 4.57 Å². The number of thioether (sulfide) groups is 1. The van der Waals surface area contributed by atoms with Crippen LogP contribution in [0.1, 0.15) is 5.69 Å². The normalized spacial score (nSPS) is 11.4. The van der Waals surface area contributed by atoms with Crippen LogP contribution < -0.4 is 10.3 Å². The van der Waals surface area contributed by atoms with Crippen molar-refractivity contribution in [2.24, 2.45) is 7.05 Å². The largest absolute Gasteiger partial charge is 0.497 e. The summed E-state index contributed by atoms with van der Waals surface area (Å²) in [5, 5.41) is 12.9. The monoisotopic (exact) mass is 435 g/mol. The van der Waals surface area contributed by atoms with E-state index in [2.05, 4.69) is 15.6 Å². The van der Waals surface area contributed by atoms with Gasteiger partial charge in [0.2, 0.25) is 5.78 Å². The molecule has 0 radical (unpaired) electrons. The predicted molar refractivity (Wildman–Crippen MR) is 119 cm³/mol. The lowest BCUT2D eigenvalue weighted by Gasteiger charge is -2.07. The van der Waals surface area contributed by atoms with Crippen molar-refractivity contribution in [3.63, 3.8) is 0 Å². The number of para-hydroxylation sites is 1. The van der Waals surface area contributed by atoms with Crippen molar-refractivity contribution >= 4 is 39.8 Å². The summed E-state index contributed by atoms with van der Waals surface area (Å²) in [7, 11) is 3.37. The zero-order valence-corrected chi connectivity index (χ0v) is 17.9. The Morgan fingerprint density at radius 2 is 2.00 bits per heavy atom. The van der Waals surface area contributed by atoms with Gasteiger partial charge in [-0.2, -0.15) is 0 Å². The molecule has 0 unspecified atom stereocenters. The van der Waals surface area contributed by atoms with Crippen LogP contribution in [-0.4, -0.2) is 31.3 Å². The Hall–Kier alpha value is -3.17. The molecule has 0 amide bonds. The lowest BCUT2D eigenvalue weighted by molar-refractivity contribution is 0.415. The maximum absolute atomic E-state index is 12.6. The SMILES string of the molecule is COc1cccc(-c2nc(CSc3nnc4n(C)c(=O)c5ccccc5n34)cs2)c1. The third kappa shape index (κ3) is 3.16. The van der Waals surface area contributed by atoms with Crippen molar-refractivity contribution in [2.45, 2.75) is 10.9 Å². The standard InChI is InChI=1S/C21H17N5O2S2/c1-25-19(27)16-8-3-4-9-17(16)26-20(25)23-24-21(26)30-12-14-11-29-18(22-14)13-6-5-7-15(10-13)28-2/h3-11H,12H2,1-2H3. The van der Waals surface area contributed by atoms with E-state index in [1.54, 1.807) is 37.3 Å². The Morgan fingerprint density at radius 3 is 2.87 bits per heavy atom. The molecule has 0 bridgehead atoms. The molecule has 7 nitrogen and oxygen atoms in total. The number of hydrogen-bond donors (Lipinski definition) is 0. The number of aryl methyl sites for hydroxylation is 1. The van der Waals surface area contributed by atoms with Crippen LogP contribution in [0, 0.1) is 0 Å². The highest BCUT2D eigenvalue weighted by atomic mass is 32.2. The highest BCUT2D eigenvalue weighted by molar-refractivity contribution is 7.98. The molecular formula is C21H17N5O2S2. The first-order chi connectivity index (χ1) is 14.7. The number of aromatic nitrogens is 5. The Balaban J connectivity index is 1.46. The van der Waals surface area contributed by atoms with Crippen LogP contribution >= 0.6 is 23.1 Å². The smallest absolute Gasteiger partial charge is 0.262 e. The van der Waals surface area contributed by atoms with E-state index in [-0.39, 0.29) is 5.56 Å². The second-order valence-corrected chi connectivity index (χ2v) is 8.46. The van der Waals surface area contributed by atoms with E-state index in [4.69, 9.17) is 9.72 Å². The Morgan fingerprint density at radius 1 is 1.13 bits per heavy atom. The highest BCUT2D eigenvalue weighted by Gasteiger charge is 2.15. The summed E-state index contributed by atoms with van der Waals surface area (Å²) in [5.74, 6) is 1.99. The fourth-order valence-electron chi connectivity index (χ4n) is 3.31. The molecule has 0 spiro atoms. The molecule has 0 aliphatic heterocycles. The van der Waals surface area contributed by atoms with Crippen LogP contribution in [0.15, 0.2) is 63.9 Å². The summed E-state index contributed by atoms with van der Waals surface area (Å²) in [6.07, 6.45) is 0. The molecule has 0 N–H and O–H groups in total. The minimum Gasteiger partial charge on any atom is -0.497 e. The summed E-state index contributed by atoms with van der Waals surface area (Å²) in [6, 6.07) is 15.4. The lowest BCUT2D eigenvalue weighted by atomic mass is 10.2. The Bertz CT molecular complexity index is 1440. The number of nitrogens with zero attached hydrogens (tertiary/aromatic N) is 5. The third-order valence-electron chi connectivity index (χ3n) is 4.81. The van der Waals surface area contributed by atoms with Gasteiger partial charge in [0.05, 0.1) is 23.7 Å². The van der Waals surface area contributed by atoms with Gasteiger partial charge in [-0.15, -0.1) is 21.5 Å². The van der Waals surface area contributed by atoms with Crippen LogP contribution in [0.5, 0.6) is 5.75 Å². The topological polar surface area (TPSA) is 74.3 Å². The average Bonchev–Trinajstić information content (AvgIpc) is 3.43. The molecule has 0 aliphatic rings. The first kappa shape index (κ1) is 18.8. The molecular weight excluding hydrogens is 418 g/mol. The molecule has 9 heteroatoms. The van der Waals surface area contributed by atoms with Crippen molar-refractivity contribution < 1.29 is 4.74 Å². The second-order valence-electron chi connectivity index (χ2n) is 6.66. The molecule has 0 saturated heterocycles. The van der Waals surface area contributed by atoms with Crippen molar-refractivity contribution in [3.05, 3.63) is 70.0 Å². The van der Waals surface area contributed by atoms with Gasteiger partial charge in [-0.1, -0.05) is 36.0 Å². The van der Waals surface area contributed by atoms with E-state index in [0.717, 1.165) is 32.7 Å². The third-order valence-corrected chi connectivity index (χ3v) is 6.72. The fourth-order valence-corrected chi connectivity index (χ4v) is 5.06. The molecule has 0 atom stereocenters. The van der Waals surface area contributed by atoms with Crippen molar-refractivity contribution in [3.8, 4) is 16.3 Å². The van der Waals surface area contributed by atoms with Crippen LogP contribution in [0.2, 0.25) is 0 Å². The van der Waals surface area contributed by atoms with Gasteiger partial charge in [-0.05, 0) is 24.3 Å². The lowest BCUT2D eigenvalue weighted by Crippen LogP contribution is -2.20. The summed E-state index contributed by atoms with van der Waals surface area (Å²) in [6.45, 7) is 0. The fraction of sp³-hybridized carbons (Fsp3) is 0.143. The maximum atomic E-state index is 12.6. The maximum Gasteiger partial charge on any atom is 0.262 e. The molecule has 0 saturated carbocycles. The molecule has 3 heterocycles. The van der Waals surface area contributed by atoms with Crippen molar-refractivity contribution in [1.29, 1.82) is 0 Å². The Kier molecular flexibility index (Phi) is 4.76. The summed E-state index contributed by atoms with van der Waals surface area (Å²) in [4.78, 5) is 17.3. The van der Waals surface area contributed by atoms with Crippen molar-refractivity contribution in [2.75, 3.05) is 7.11 Å². The highest BCUT2D eigenvalue weighted by Crippen LogP contribution is 2.30.